The van der Waals surface area contributed by atoms with Crippen LogP contribution in [-0.2, 0) is 4.79 Å². The Hall–Kier alpha value is -3.45. The predicted octanol–water partition coefficient (Wildman–Crippen LogP) is 8.49. The van der Waals surface area contributed by atoms with Crippen LogP contribution in [-0.4, -0.2) is 5.78 Å². The molecule has 0 spiro atoms. The van der Waals surface area contributed by atoms with Gasteiger partial charge in [-0.1, -0.05) is 106 Å². The van der Waals surface area contributed by atoms with E-state index in [1.165, 1.54) is 21.5 Å². The third kappa shape index (κ3) is 4.28. The Morgan fingerprint density at radius 3 is 1.52 bits per heavy atom. The fraction of sp³-hybridized carbons (Fsp3) is 0.219. The molecule has 1 saturated carbocycles. The molecule has 0 bridgehead atoms. The Kier molecular flexibility index (Phi) is 5.50. The molecule has 0 N–H and O–H groups in total. The van der Waals surface area contributed by atoms with E-state index in [1.54, 1.807) is 0 Å². The highest BCUT2D eigenvalue weighted by Gasteiger charge is 2.34. The Bertz CT molecular complexity index is 1300. The maximum Gasteiger partial charge on any atom is 0.185 e. The van der Waals surface area contributed by atoms with Crippen molar-refractivity contribution in [1.82, 2.24) is 0 Å². The van der Waals surface area contributed by atoms with E-state index in [2.05, 4.69) is 118 Å². The number of rotatable bonds is 2. The molecule has 1 nitrogen and oxygen atoms in total. The van der Waals surface area contributed by atoms with Crippen molar-refractivity contribution in [3.63, 3.8) is 0 Å². The lowest BCUT2D eigenvalue weighted by Gasteiger charge is -2.35. The zero-order valence-electron chi connectivity index (χ0n) is 19.6. The Balaban J connectivity index is 1.63. The summed E-state index contributed by atoms with van der Waals surface area (Å²) in [5, 5.41) is 4.79. The van der Waals surface area contributed by atoms with E-state index in [0.717, 1.165) is 35.1 Å². The minimum Gasteiger partial charge on any atom is -0.289 e. The van der Waals surface area contributed by atoms with Gasteiger partial charge >= 0.3 is 0 Å². The molecule has 0 unspecified atom stereocenters. The Morgan fingerprint density at radius 1 is 0.636 bits per heavy atom. The molecule has 4 aromatic carbocycles. The molecule has 1 aliphatic rings. The van der Waals surface area contributed by atoms with Crippen molar-refractivity contribution in [1.29, 1.82) is 0 Å². The first-order valence-electron chi connectivity index (χ1n) is 11.8. The number of ketones is 1. The topological polar surface area (TPSA) is 17.1 Å². The van der Waals surface area contributed by atoms with E-state index >= 15 is 0 Å². The van der Waals surface area contributed by atoms with Crippen LogP contribution in [0.5, 0.6) is 0 Å². The van der Waals surface area contributed by atoms with Gasteiger partial charge in [-0.3, -0.25) is 4.79 Å². The summed E-state index contributed by atoms with van der Waals surface area (Å²) < 4.78 is 0. The highest BCUT2D eigenvalue weighted by Crippen LogP contribution is 2.42. The quantitative estimate of drug-likeness (QED) is 0.291. The highest BCUT2D eigenvalue weighted by molar-refractivity contribution is 6.15. The smallest absolute Gasteiger partial charge is 0.185 e. The molecule has 0 amide bonds. The largest absolute Gasteiger partial charge is 0.289 e. The van der Waals surface area contributed by atoms with Crippen LogP contribution in [0.4, 0.5) is 0 Å². The average molecular weight is 431 g/mol. The van der Waals surface area contributed by atoms with E-state index in [1.807, 2.05) is 0 Å². The van der Waals surface area contributed by atoms with Crippen LogP contribution in [0.25, 0.3) is 33.7 Å². The van der Waals surface area contributed by atoms with Gasteiger partial charge in [0.05, 0.1) is 0 Å². The van der Waals surface area contributed by atoms with Crippen LogP contribution in [0.15, 0.2) is 96.1 Å². The van der Waals surface area contributed by atoms with Crippen molar-refractivity contribution in [2.45, 2.75) is 33.6 Å². The molecule has 4 aromatic rings. The first-order valence-corrected chi connectivity index (χ1v) is 11.8. The van der Waals surface area contributed by atoms with Crippen molar-refractivity contribution in [2.24, 2.45) is 11.3 Å². The summed E-state index contributed by atoms with van der Waals surface area (Å²) in [6, 6.07) is 29.5. The molecular formula is C32H30O. The van der Waals surface area contributed by atoms with E-state index in [9.17, 15) is 4.79 Å². The van der Waals surface area contributed by atoms with Gasteiger partial charge in [-0.2, -0.15) is 0 Å². The summed E-state index contributed by atoms with van der Waals surface area (Å²) in [5.74, 6) is 0.606. The molecule has 0 saturated heterocycles. The van der Waals surface area contributed by atoms with Crippen LogP contribution in [0.1, 0.15) is 44.7 Å². The predicted molar refractivity (Wildman–Crippen MR) is 141 cm³/mol. The van der Waals surface area contributed by atoms with Crippen molar-refractivity contribution < 1.29 is 4.79 Å². The first kappa shape index (κ1) is 21.4. The number of benzene rings is 4. The van der Waals surface area contributed by atoms with Crippen molar-refractivity contribution in [3.05, 3.63) is 107 Å². The van der Waals surface area contributed by atoms with E-state index in [0.29, 0.717) is 5.92 Å². The summed E-state index contributed by atoms with van der Waals surface area (Å²) in [5.41, 5.74) is 4.20. The summed E-state index contributed by atoms with van der Waals surface area (Å²) in [6.45, 7) is 6.87. The maximum absolute atomic E-state index is 13.7. The Labute approximate surface area is 196 Å². The molecule has 5 rings (SSSR count). The molecule has 0 aromatic heterocycles. The molecule has 0 aliphatic heterocycles. The van der Waals surface area contributed by atoms with Gasteiger partial charge in [-0.05, 0) is 69.0 Å². The minimum atomic E-state index is 0.121. The summed E-state index contributed by atoms with van der Waals surface area (Å²) in [6.07, 6.45) is 5.91. The zero-order valence-corrected chi connectivity index (χ0v) is 19.6. The summed E-state index contributed by atoms with van der Waals surface area (Å²) in [7, 11) is 0. The molecule has 0 atom stereocenters. The van der Waals surface area contributed by atoms with Crippen molar-refractivity contribution >= 4 is 39.5 Å². The van der Waals surface area contributed by atoms with Crippen molar-refractivity contribution in [2.75, 3.05) is 0 Å². The maximum atomic E-state index is 13.7. The van der Waals surface area contributed by atoms with Crippen LogP contribution < -0.4 is 0 Å². The second kappa shape index (κ2) is 8.48. The molecule has 1 fully saturated rings. The number of carbonyl (C=O) groups excluding carboxylic acids is 1. The second-order valence-corrected chi connectivity index (χ2v) is 10.3. The molecule has 1 heteroatoms. The lowest BCUT2D eigenvalue weighted by atomic mass is 9.68. The van der Waals surface area contributed by atoms with Gasteiger partial charge in [0.15, 0.2) is 5.78 Å². The standard InChI is InChI=1S/C32H30O/c1-32(2,3)28-20-26(18-24-14-8-12-22-10-4-6-16-29(22)24)31(33)27(21-28)19-25-15-9-13-23-11-5-7-17-30(23)25/h4-19,28H,20-21H2,1-3H3/b26-18-,27-19-. The number of Topliss-reactive ketones (excluding diaryl/α,β-unsaturated/α-hetero) is 1. The lowest BCUT2D eigenvalue weighted by molar-refractivity contribution is -0.113. The van der Waals surface area contributed by atoms with E-state index in [4.69, 9.17) is 0 Å². The molecule has 33 heavy (non-hydrogen) atoms. The van der Waals surface area contributed by atoms with E-state index in [-0.39, 0.29) is 11.2 Å². The summed E-state index contributed by atoms with van der Waals surface area (Å²) in [4.78, 5) is 13.7. The number of carbonyl (C=O) groups is 1. The van der Waals surface area contributed by atoms with Gasteiger partial charge < -0.3 is 0 Å². The molecule has 0 heterocycles. The van der Waals surface area contributed by atoms with Gasteiger partial charge in [-0.25, -0.2) is 0 Å². The molecule has 0 radical (unpaired) electrons. The van der Waals surface area contributed by atoms with Gasteiger partial charge in [0.25, 0.3) is 0 Å². The van der Waals surface area contributed by atoms with Gasteiger partial charge in [-0.15, -0.1) is 0 Å². The van der Waals surface area contributed by atoms with Crippen LogP contribution in [0.2, 0.25) is 0 Å². The second-order valence-electron chi connectivity index (χ2n) is 10.3. The number of hydrogen-bond donors (Lipinski definition) is 0. The molecule has 164 valence electrons. The fourth-order valence-corrected chi connectivity index (χ4v) is 4.98. The van der Waals surface area contributed by atoms with E-state index < -0.39 is 0 Å². The zero-order chi connectivity index (χ0) is 23.0. The van der Waals surface area contributed by atoms with Gasteiger partial charge in [0.1, 0.15) is 0 Å². The van der Waals surface area contributed by atoms with Crippen LogP contribution in [0.3, 0.4) is 0 Å². The average Bonchev–Trinajstić information content (AvgIpc) is 2.81. The first-order chi connectivity index (χ1) is 15.9. The summed E-state index contributed by atoms with van der Waals surface area (Å²) >= 11 is 0. The Morgan fingerprint density at radius 2 is 1.06 bits per heavy atom. The number of fused-ring (bicyclic) bond motifs is 2. The number of hydrogen-bond acceptors (Lipinski definition) is 1. The third-order valence-electron chi connectivity index (χ3n) is 7.05. The third-order valence-corrected chi connectivity index (χ3v) is 7.05. The lowest BCUT2D eigenvalue weighted by Crippen LogP contribution is -2.29. The monoisotopic (exact) mass is 430 g/mol. The minimum absolute atomic E-state index is 0.121. The number of allylic oxidation sites excluding steroid dienone is 2. The van der Waals surface area contributed by atoms with Gasteiger partial charge in [0.2, 0.25) is 0 Å². The fourth-order valence-electron chi connectivity index (χ4n) is 4.98. The molecule has 1 aliphatic carbocycles. The normalized spacial score (nSPS) is 19.6. The van der Waals surface area contributed by atoms with Crippen LogP contribution >= 0.6 is 0 Å². The highest BCUT2D eigenvalue weighted by atomic mass is 16.1. The van der Waals surface area contributed by atoms with Crippen LogP contribution in [0, 0.1) is 11.3 Å². The van der Waals surface area contributed by atoms with Crippen molar-refractivity contribution in [3.8, 4) is 0 Å². The van der Waals surface area contributed by atoms with Gasteiger partial charge in [0, 0.05) is 11.1 Å². The molecular weight excluding hydrogens is 400 g/mol. The SMILES string of the molecule is CC(C)(C)C1C/C(=C/c2cccc3ccccc23)C(=O)/C(=C\c2cccc3ccccc23)C1.